The van der Waals surface area contributed by atoms with E-state index in [0.717, 1.165) is 29.1 Å². The number of nitrogens with zero attached hydrogens (tertiary/aromatic N) is 3. The van der Waals surface area contributed by atoms with Crippen molar-refractivity contribution in [3.8, 4) is 11.4 Å². The van der Waals surface area contributed by atoms with Crippen molar-refractivity contribution >= 4 is 11.6 Å². The molecular formula is C15H18ClN3. The molecule has 2 aromatic rings. The number of hydrogen-bond donors (Lipinski definition) is 0. The third kappa shape index (κ3) is 3.74. The van der Waals surface area contributed by atoms with E-state index in [-0.39, 0.29) is 0 Å². The predicted octanol–water partition coefficient (Wildman–Crippen LogP) is 4.01. The number of rotatable bonds is 3. The Balaban J connectivity index is 2.46. The molecular weight excluding hydrogens is 258 g/mol. The maximum absolute atomic E-state index is 6.10. The van der Waals surface area contributed by atoms with Crippen molar-refractivity contribution in [1.29, 1.82) is 0 Å². The Hall–Kier alpha value is -1.48. The summed E-state index contributed by atoms with van der Waals surface area (Å²) in [7, 11) is 0. The first-order chi connectivity index (χ1) is 8.94. The highest BCUT2D eigenvalue weighted by atomic mass is 35.5. The molecule has 0 aliphatic heterocycles. The van der Waals surface area contributed by atoms with Gasteiger partial charge in [-0.15, -0.1) is 0 Å². The van der Waals surface area contributed by atoms with Gasteiger partial charge >= 0.3 is 0 Å². The normalized spacial score (nSPS) is 11.1. The molecule has 0 aliphatic rings. The van der Waals surface area contributed by atoms with Crippen LogP contribution in [0.25, 0.3) is 11.4 Å². The fraction of sp³-hybridized carbons (Fsp3) is 0.400. The van der Waals surface area contributed by atoms with Crippen molar-refractivity contribution < 1.29 is 0 Å². The van der Waals surface area contributed by atoms with E-state index in [9.17, 15) is 0 Å². The molecule has 19 heavy (non-hydrogen) atoms. The van der Waals surface area contributed by atoms with Crippen LogP contribution in [-0.4, -0.2) is 15.0 Å². The molecule has 0 bridgehead atoms. The molecule has 0 spiro atoms. The molecule has 2 rings (SSSR count). The number of halogens is 1. The Morgan fingerprint density at radius 2 is 1.63 bits per heavy atom. The first-order valence-electron chi connectivity index (χ1n) is 6.43. The van der Waals surface area contributed by atoms with Gasteiger partial charge in [0, 0.05) is 22.6 Å². The van der Waals surface area contributed by atoms with E-state index in [0.29, 0.717) is 16.9 Å². The zero-order chi connectivity index (χ0) is 14.0. The van der Waals surface area contributed by atoms with Crippen LogP contribution in [-0.2, 0) is 6.42 Å². The Labute approximate surface area is 119 Å². The minimum atomic E-state index is 0.493. The zero-order valence-corrected chi connectivity index (χ0v) is 12.5. The summed E-state index contributed by atoms with van der Waals surface area (Å²) in [5.41, 5.74) is 3.88. The Morgan fingerprint density at radius 3 is 2.21 bits per heavy atom. The lowest BCUT2D eigenvalue weighted by atomic mass is 10.1. The van der Waals surface area contributed by atoms with Crippen molar-refractivity contribution in [2.45, 2.75) is 34.1 Å². The van der Waals surface area contributed by atoms with Gasteiger partial charge in [0.1, 0.15) is 5.15 Å². The molecule has 0 saturated heterocycles. The second-order valence-corrected chi connectivity index (χ2v) is 5.63. The minimum Gasteiger partial charge on any atom is -0.258 e. The first-order valence-corrected chi connectivity index (χ1v) is 6.81. The van der Waals surface area contributed by atoms with Gasteiger partial charge in [-0.3, -0.25) is 4.98 Å². The molecule has 4 heteroatoms. The highest BCUT2D eigenvalue weighted by molar-refractivity contribution is 6.29. The molecule has 2 aromatic heterocycles. The van der Waals surface area contributed by atoms with Gasteiger partial charge in [0.05, 0.1) is 0 Å². The van der Waals surface area contributed by atoms with Crippen LogP contribution in [0.15, 0.2) is 18.2 Å². The van der Waals surface area contributed by atoms with Gasteiger partial charge in [0.2, 0.25) is 0 Å². The van der Waals surface area contributed by atoms with Crippen LogP contribution >= 0.6 is 11.6 Å². The van der Waals surface area contributed by atoms with Crippen LogP contribution in [0.1, 0.15) is 30.9 Å². The predicted molar refractivity (Wildman–Crippen MR) is 78.3 cm³/mol. The fourth-order valence-corrected chi connectivity index (χ4v) is 2.29. The second-order valence-electron chi connectivity index (χ2n) is 5.24. The summed E-state index contributed by atoms with van der Waals surface area (Å²) in [6.45, 7) is 8.26. The van der Waals surface area contributed by atoms with Gasteiger partial charge in [0.25, 0.3) is 0 Å². The molecule has 0 radical (unpaired) electrons. The lowest BCUT2D eigenvalue weighted by Crippen LogP contribution is -2.01. The Bertz CT molecular complexity index is 574. The molecule has 0 unspecified atom stereocenters. The summed E-state index contributed by atoms with van der Waals surface area (Å²) < 4.78 is 0. The standard InChI is InChI=1S/C15H18ClN3/c1-9(2)5-13-8-14(16)19-15(18-13)12-6-10(3)17-11(4)7-12/h6-9H,5H2,1-4H3. The van der Waals surface area contributed by atoms with Gasteiger partial charge in [-0.2, -0.15) is 0 Å². The van der Waals surface area contributed by atoms with Crippen molar-refractivity contribution in [3.63, 3.8) is 0 Å². The molecule has 100 valence electrons. The van der Waals surface area contributed by atoms with Crippen molar-refractivity contribution in [1.82, 2.24) is 15.0 Å². The highest BCUT2D eigenvalue weighted by Crippen LogP contribution is 2.20. The van der Waals surface area contributed by atoms with Gasteiger partial charge in [0.15, 0.2) is 5.82 Å². The largest absolute Gasteiger partial charge is 0.258 e. The molecule has 3 nitrogen and oxygen atoms in total. The number of aryl methyl sites for hydroxylation is 2. The van der Waals surface area contributed by atoms with Crippen LogP contribution < -0.4 is 0 Å². The van der Waals surface area contributed by atoms with Crippen LogP contribution in [0.4, 0.5) is 0 Å². The van der Waals surface area contributed by atoms with E-state index in [4.69, 9.17) is 11.6 Å². The van der Waals surface area contributed by atoms with E-state index in [2.05, 4.69) is 28.8 Å². The van der Waals surface area contributed by atoms with Crippen LogP contribution in [0.3, 0.4) is 0 Å². The zero-order valence-electron chi connectivity index (χ0n) is 11.7. The average Bonchev–Trinajstić information content (AvgIpc) is 2.25. The number of aromatic nitrogens is 3. The van der Waals surface area contributed by atoms with E-state index in [1.165, 1.54) is 0 Å². The van der Waals surface area contributed by atoms with Crippen LogP contribution in [0.2, 0.25) is 5.15 Å². The van der Waals surface area contributed by atoms with Crippen molar-refractivity contribution in [3.05, 3.63) is 40.4 Å². The maximum Gasteiger partial charge on any atom is 0.161 e. The third-order valence-corrected chi connectivity index (χ3v) is 2.90. The minimum absolute atomic E-state index is 0.493. The van der Waals surface area contributed by atoms with Gasteiger partial charge < -0.3 is 0 Å². The molecule has 0 aliphatic carbocycles. The van der Waals surface area contributed by atoms with Gasteiger partial charge in [-0.25, -0.2) is 9.97 Å². The summed E-state index contributed by atoms with van der Waals surface area (Å²) in [5.74, 6) is 1.22. The summed E-state index contributed by atoms with van der Waals surface area (Å²) in [4.78, 5) is 13.3. The summed E-state index contributed by atoms with van der Waals surface area (Å²) >= 11 is 6.10. The molecule has 2 heterocycles. The third-order valence-electron chi connectivity index (χ3n) is 2.71. The van der Waals surface area contributed by atoms with E-state index < -0.39 is 0 Å². The lowest BCUT2D eigenvalue weighted by Gasteiger charge is -2.08. The highest BCUT2D eigenvalue weighted by Gasteiger charge is 2.08. The quantitative estimate of drug-likeness (QED) is 0.795. The second kappa shape index (κ2) is 5.66. The lowest BCUT2D eigenvalue weighted by molar-refractivity contribution is 0.634. The average molecular weight is 276 g/mol. The molecule has 0 aromatic carbocycles. The van der Waals surface area contributed by atoms with Gasteiger partial charge in [-0.1, -0.05) is 25.4 Å². The van der Waals surface area contributed by atoms with Crippen LogP contribution in [0.5, 0.6) is 0 Å². The molecule has 0 fully saturated rings. The molecule has 0 N–H and O–H groups in total. The summed E-state index contributed by atoms with van der Waals surface area (Å²) in [6.07, 6.45) is 0.901. The van der Waals surface area contributed by atoms with Crippen molar-refractivity contribution in [2.75, 3.05) is 0 Å². The number of hydrogen-bond acceptors (Lipinski definition) is 3. The van der Waals surface area contributed by atoms with E-state index in [1.54, 1.807) is 0 Å². The van der Waals surface area contributed by atoms with Crippen molar-refractivity contribution in [2.24, 2.45) is 5.92 Å². The van der Waals surface area contributed by atoms with E-state index >= 15 is 0 Å². The smallest absolute Gasteiger partial charge is 0.161 e. The SMILES string of the molecule is Cc1cc(-c2nc(Cl)cc(CC(C)C)n2)cc(C)n1. The molecule has 0 atom stereocenters. The number of pyridine rings is 1. The van der Waals surface area contributed by atoms with E-state index in [1.807, 2.05) is 32.0 Å². The summed E-state index contributed by atoms with van der Waals surface area (Å²) in [6, 6.07) is 5.81. The monoisotopic (exact) mass is 275 g/mol. The maximum atomic E-state index is 6.10. The fourth-order valence-electron chi connectivity index (χ4n) is 2.08. The topological polar surface area (TPSA) is 38.7 Å². The Morgan fingerprint density at radius 1 is 1.00 bits per heavy atom. The van der Waals surface area contributed by atoms with Gasteiger partial charge in [-0.05, 0) is 44.4 Å². The summed E-state index contributed by atoms with van der Waals surface area (Å²) in [5, 5.41) is 0.493. The molecule has 0 saturated carbocycles. The first kappa shape index (κ1) is 13.9. The molecule has 0 amide bonds. The Kier molecular flexibility index (Phi) is 4.15. The van der Waals surface area contributed by atoms with Crippen LogP contribution in [0, 0.1) is 19.8 Å².